The van der Waals surface area contributed by atoms with Gasteiger partial charge in [-0.3, -0.25) is 0 Å². The Kier molecular flexibility index (Phi) is 3.89. The van der Waals surface area contributed by atoms with Gasteiger partial charge in [0, 0.05) is 23.6 Å². The van der Waals surface area contributed by atoms with Gasteiger partial charge in [-0.25, -0.2) is 9.97 Å². The summed E-state index contributed by atoms with van der Waals surface area (Å²) in [5.41, 5.74) is 0.363. The molecule has 2 unspecified atom stereocenters. The zero-order valence-corrected chi connectivity index (χ0v) is 11.1. The number of hydrogen-bond acceptors (Lipinski definition) is 5. The number of aromatic nitrogens is 2. The second kappa shape index (κ2) is 5.23. The molecule has 1 aromatic heterocycles. The Labute approximate surface area is 106 Å². The number of rotatable bonds is 5. The van der Waals surface area contributed by atoms with Gasteiger partial charge in [0.15, 0.2) is 0 Å². The molecular weight excluding hydrogens is 234 g/mol. The Balaban J connectivity index is 1.89. The lowest BCUT2D eigenvalue weighted by molar-refractivity contribution is -0.0120. The molecule has 2 rings (SSSR count). The maximum absolute atomic E-state index is 10.4. The standard InChI is InChI=1S/C12H19N3OS/c1-3-17-10-4-5-12(10,16)7-13-11-6-9(2)14-8-15-11/h6,8,10,16H,3-5,7H2,1-2H3,(H,13,14,15). The molecule has 1 aromatic rings. The van der Waals surface area contributed by atoms with Gasteiger partial charge in [0.05, 0.1) is 5.60 Å². The van der Waals surface area contributed by atoms with E-state index < -0.39 is 5.60 Å². The minimum absolute atomic E-state index is 0.364. The summed E-state index contributed by atoms with van der Waals surface area (Å²) < 4.78 is 0. The lowest BCUT2D eigenvalue weighted by Gasteiger charge is -2.45. The summed E-state index contributed by atoms with van der Waals surface area (Å²) in [6, 6.07) is 1.89. The van der Waals surface area contributed by atoms with Crippen LogP contribution in [0, 0.1) is 6.92 Å². The third-order valence-corrected chi connectivity index (χ3v) is 4.60. The van der Waals surface area contributed by atoms with E-state index in [1.54, 1.807) is 6.33 Å². The first-order valence-electron chi connectivity index (χ1n) is 6.00. The number of thioether (sulfide) groups is 1. The fraction of sp³-hybridized carbons (Fsp3) is 0.667. The van der Waals surface area contributed by atoms with Crippen LogP contribution in [0.4, 0.5) is 5.82 Å². The van der Waals surface area contributed by atoms with E-state index in [4.69, 9.17) is 0 Å². The first kappa shape index (κ1) is 12.6. The summed E-state index contributed by atoms with van der Waals surface area (Å²) in [5, 5.41) is 14.0. The van der Waals surface area contributed by atoms with Gasteiger partial charge in [0.1, 0.15) is 12.1 Å². The zero-order chi connectivity index (χ0) is 12.3. The average molecular weight is 253 g/mol. The van der Waals surface area contributed by atoms with Crippen molar-refractivity contribution in [3.63, 3.8) is 0 Å². The molecule has 2 atom stereocenters. The zero-order valence-electron chi connectivity index (χ0n) is 10.3. The van der Waals surface area contributed by atoms with Crippen LogP contribution in [-0.4, -0.2) is 38.2 Å². The minimum atomic E-state index is -0.570. The fourth-order valence-electron chi connectivity index (χ4n) is 2.03. The largest absolute Gasteiger partial charge is 0.387 e. The van der Waals surface area contributed by atoms with E-state index in [9.17, 15) is 5.11 Å². The highest BCUT2D eigenvalue weighted by Gasteiger charge is 2.44. The fourth-order valence-corrected chi connectivity index (χ4v) is 3.23. The van der Waals surface area contributed by atoms with Crippen LogP contribution < -0.4 is 5.32 Å². The van der Waals surface area contributed by atoms with Crippen molar-refractivity contribution in [3.8, 4) is 0 Å². The Morgan fingerprint density at radius 1 is 1.59 bits per heavy atom. The molecule has 0 radical (unpaired) electrons. The molecular formula is C12H19N3OS. The van der Waals surface area contributed by atoms with Crippen molar-refractivity contribution in [2.45, 2.75) is 37.5 Å². The summed E-state index contributed by atoms with van der Waals surface area (Å²) in [6.45, 7) is 4.63. The molecule has 17 heavy (non-hydrogen) atoms. The van der Waals surface area contributed by atoms with Gasteiger partial charge in [0.2, 0.25) is 0 Å². The quantitative estimate of drug-likeness (QED) is 0.838. The van der Waals surface area contributed by atoms with Crippen molar-refractivity contribution in [3.05, 3.63) is 18.1 Å². The van der Waals surface area contributed by atoms with Crippen LogP contribution in [0.3, 0.4) is 0 Å². The molecule has 1 saturated carbocycles. The van der Waals surface area contributed by atoms with Gasteiger partial charge in [-0.1, -0.05) is 6.92 Å². The van der Waals surface area contributed by atoms with Crippen LogP contribution in [0.5, 0.6) is 0 Å². The molecule has 1 aliphatic carbocycles. The number of nitrogens with one attached hydrogen (secondary N) is 1. The molecule has 94 valence electrons. The van der Waals surface area contributed by atoms with Gasteiger partial charge in [-0.05, 0) is 25.5 Å². The van der Waals surface area contributed by atoms with Crippen LogP contribution in [0.15, 0.2) is 12.4 Å². The Hall–Kier alpha value is -0.810. The first-order valence-corrected chi connectivity index (χ1v) is 7.05. The van der Waals surface area contributed by atoms with E-state index >= 15 is 0 Å². The molecule has 2 N–H and O–H groups in total. The summed E-state index contributed by atoms with van der Waals surface area (Å²) >= 11 is 1.84. The first-order chi connectivity index (χ1) is 8.14. The van der Waals surface area contributed by atoms with Crippen LogP contribution in [-0.2, 0) is 0 Å². The van der Waals surface area contributed by atoms with Crippen molar-refractivity contribution in [1.29, 1.82) is 0 Å². The van der Waals surface area contributed by atoms with Crippen LogP contribution in [0.1, 0.15) is 25.5 Å². The molecule has 0 bridgehead atoms. The minimum Gasteiger partial charge on any atom is -0.387 e. The normalized spacial score (nSPS) is 27.6. The van der Waals surface area contributed by atoms with Crippen molar-refractivity contribution in [1.82, 2.24) is 9.97 Å². The van der Waals surface area contributed by atoms with Crippen LogP contribution in [0.2, 0.25) is 0 Å². The van der Waals surface area contributed by atoms with Gasteiger partial charge in [0.25, 0.3) is 0 Å². The number of aryl methyl sites for hydroxylation is 1. The number of hydrogen-bond donors (Lipinski definition) is 2. The number of anilines is 1. The second-order valence-corrected chi connectivity index (χ2v) is 5.96. The number of nitrogens with zero attached hydrogens (tertiary/aromatic N) is 2. The van der Waals surface area contributed by atoms with Crippen LogP contribution >= 0.6 is 11.8 Å². The molecule has 1 aliphatic rings. The summed E-state index contributed by atoms with van der Waals surface area (Å²) in [4.78, 5) is 8.18. The molecule has 4 nitrogen and oxygen atoms in total. The predicted octanol–water partition coefficient (Wildman–Crippen LogP) is 1.84. The SMILES string of the molecule is CCSC1CCC1(O)CNc1cc(C)ncn1. The highest BCUT2D eigenvalue weighted by atomic mass is 32.2. The summed E-state index contributed by atoms with van der Waals surface area (Å²) in [6.07, 6.45) is 3.53. The maximum Gasteiger partial charge on any atom is 0.129 e. The Bertz CT molecular complexity index is 388. The highest BCUT2D eigenvalue weighted by molar-refractivity contribution is 8.00. The summed E-state index contributed by atoms with van der Waals surface area (Å²) in [7, 11) is 0. The third kappa shape index (κ3) is 2.90. The lowest BCUT2D eigenvalue weighted by atomic mass is 9.79. The highest BCUT2D eigenvalue weighted by Crippen LogP contribution is 2.41. The lowest BCUT2D eigenvalue weighted by Crippen LogP contribution is -2.54. The van der Waals surface area contributed by atoms with E-state index in [1.165, 1.54) is 0 Å². The molecule has 0 aromatic carbocycles. The maximum atomic E-state index is 10.4. The summed E-state index contributed by atoms with van der Waals surface area (Å²) in [5.74, 6) is 1.85. The van der Waals surface area contributed by atoms with Crippen molar-refractivity contribution >= 4 is 17.6 Å². The average Bonchev–Trinajstić information content (AvgIpc) is 2.32. The molecule has 0 saturated heterocycles. The van der Waals surface area contributed by atoms with E-state index in [-0.39, 0.29) is 0 Å². The van der Waals surface area contributed by atoms with Crippen molar-refractivity contribution in [2.24, 2.45) is 0 Å². The molecule has 0 spiro atoms. The Morgan fingerprint density at radius 3 is 3.00 bits per heavy atom. The van der Waals surface area contributed by atoms with E-state index in [1.807, 2.05) is 24.8 Å². The topological polar surface area (TPSA) is 58.0 Å². The predicted molar refractivity (Wildman–Crippen MR) is 71.4 cm³/mol. The van der Waals surface area contributed by atoms with E-state index in [2.05, 4.69) is 22.2 Å². The monoisotopic (exact) mass is 253 g/mol. The van der Waals surface area contributed by atoms with E-state index in [0.29, 0.717) is 11.8 Å². The van der Waals surface area contributed by atoms with E-state index in [0.717, 1.165) is 30.1 Å². The van der Waals surface area contributed by atoms with Crippen molar-refractivity contribution < 1.29 is 5.11 Å². The van der Waals surface area contributed by atoms with Gasteiger partial charge >= 0.3 is 0 Å². The Morgan fingerprint density at radius 2 is 2.41 bits per heavy atom. The molecule has 0 amide bonds. The molecule has 5 heteroatoms. The third-order valence-electron chi connectivity index (χ3n) is 3.19. The van der Waals surface area contributed by atoms with Crippen molar-refractivity contribution in [2.75, 3.05) is 17.6 Å². The molecule has 0 aliphatic heterocycles. The van der Waals surface area contributed by atoms with Gasteiger partial charge in [-0.2, -0.15) is 11.8 Å². The second-order valence-electron chi connectivity index (χ2n) is 4.48. The smallest absolute Gasteiger partial charge is 0.129 e. The number of aliphatic hydroxyl groups is 1. The molecule has 1 fully saturated rings. The van der Waals surface area contributed by atoms with Crippen LogP contribution in [0.25, 0.3) is 0 Å². The van der Waals surface area contributed by atoms with Gasteiger partial charge < -0.3 is 10.4 Å². The molecule has 1 heterocycles. The van der Waals surface area contributed by atoms with Gasteiger partial charge in [-0.15, -0.1) is 0 Å².